The highest BCUT2D eigenvalue weighted by atomic mass is 35.5. The van der Waals surface area contributed by atoms with E-state index in [0.29, 0.717) is 6.54 Å². The maximum absolute atomic E-state index is 6.26. The third-order valence-electron chi connectivity index (χ3n) is 4.04. The third-order valence-corrected chi connectivity index (χ3v) is 6.38. The van der Waals surface area contributed by atoms with E-state index in [2.05, 4.69) is 40.6 Å². The number of allylic oxidation sites excluding steroid dienone is 1. The van der Waals surface area contributed by atoms with E-state index in [0.717, 1.165) is 33.7 Å². The van der Waals surface area contributed by atoms with Crippen LogP contribution < -0.4 is 0 Å². The zero-order chi connectivity index (χ0) is 17.8. The molecule has 2 heterocycles. The highest BCUT2D eigenvalue weighted by molar-refractivity contribution is 7.98. The Balaban J connectivity index is 1.92. The number of benzene rings is 1. The molecule has 0 aliphatic carbocycles. The van der Waals surface area contributed by atoms with Crippen molar-refractivity contribution in [2.24, 2.45) is 0 Å². The molecule has 0 N–H and O–H groups in total. The van der Waals surface area contributed by atoms with E-state index in [4.69, 9.17) is 11.6 Å². The average molecular weight is 390 g/mol. The van der Waals surface area contributed by atoms with E-state index >= 15 is 0 Å². The van der Waals surface area contributed by atoms with Crippen molar-refractivity contribution < 1.29 is 0 Å². The summed E-state index contributed by atoms with van der Waals surface area (Å²) >= 11 is 9.68. The molecule has 130 valence electrons. The van der Waals surface area contributed by atoms with Gasteiger partial charge in [-0.2, -0.15) is 0 Å². The molecule has 0 spiro atoms. The average Bonchev–Trinajstić information content (AvgIpc) is 3.17. The summed E-state index contributed by atoms with van der Waals surface area (Å²) in [4.78, 5) is 1.34. The molecular formula is C19H20ClN3S2. The zero-order valence-electron chi connectivity index (χ0n) is 14.3. The molecule has 0 aliphatic heterocycles. The molecule has 0 saturated heterocycles. The molecule has 3 aromatic rings. The summed E-state index contributed by atoms with van der Waals surface area (Å²) in [6.45, 7) is 8.91. The molecule has 2 aromatic heterocycles. The number of aromatic nitrogens is 3. The van der Waals surface area contributed by atoms with E-state index in [1.807, 2.05) is 30.3 Å². The van der Waals surface area contributed by atoms with Crippen molar-refractivity contribution in [3.63, 3.8) is 0 Å². The molecule has 0 atom stereocenters. The fraction of sp³-hybridized carbons (Fsp3) is 0.263. The first-order valence-electron chi connectivity index (χ1n) is 8.13. The zero-order valence-corrected chi connectivity index (χ0v) is 16.7. The maximum atomic E-state index is 6.26. The molecule has 1 aromatic carbocycles. The first kappa shape index (κ1) is 18.2. The summed E-state index contributed by atoms with van der Waals surface area (Å²) in [5.41, 5.74) is 3.64. The molecule has 0 amide bonds. The Labute approximate surface area is 161 Å². The van der Waals surface area contributed by atoms with Crippen molar-refractivity contribution in [2.75, 3.05) is 0 Å². The van der Waals surface area contributed by atoms with Crippen LogP contribution in [0, 0.1) is 6.92 Å². The number of hydrogen-bond acceptors (Lipinski definition) is 4. The van der Waals surface area contributed by atoms with Crippen LogP contribution in [0.4, 0.5) is 0 Å². The van der Waals surface area contributed by atoms with Crippen LogP contribution in [-0.2, 0) is 18.7 Å². The maximum Gasteiger partial charge on any atom is 0.192 e. The number of halogens is 1. The van der Waals surface area contributed by atoms with Crippen molar-refractivity contribution >= 4 is 34.7 Å². The number of thiophene rings is 1. The number of nitrogens with zero attached hydrogens (tertiary/aromatic N) is 3. The van der Waals surface area contributed by atoms with Crippen LogP contribution in [0.5, 0.6) is 0 Å². The highest BCUT2D eigenvalue weighted by Gasteiger charge is 2.18. The van der Waals surface area contributed by atoms with E-state index in [1.54, 1.807) is 23.1 Å². The van der Waals surface area contributed by atoms with Crippen molar-refractivity contribution in [3.05, 3.63) is 63.3 Å². The Morgan fingerprint density at radius 2 is 2.12 bits per heavy atom. The summed E-state index contributed by atoms with van der Waals surface area (Å²) < 4.78 is 2.13. The van der Waals surface area contributed by atoms with Crippen molar-refractivity contribution in [3.8, 4) is 11.4 Å². The Hall–Kier alpha value is -1.56. The fourth-order valence-electron chi connectivity index (χ4n) is 2.75. The molecule has 0 aliphatic rings. The number of rotatable bonds is 7. The molecule has 25 heavy (non-hydrogen) atoms. The Bertz CT molecular complexity index is 883. The molecule has 3 nitrogen and oxygen atoms in total. The lowest BCUT2D eigenvalue weighted by Crippen LogP contribution is -2.01. The summed E-state index contributed by atoms with van der Waals surface area (Å²) in [5.74, 6) is 1.68. The lowest BCUT2D eigenvalue weighted by molar-refractivity contribution is 0.730. The molecule has 0 bridgehead atoms. The molecule has 3 rings (SSSR count). The van der Waals surface area contributed by atoms with Crippen LogP contribution in [0.25, 0.3) is 11.4 Å². The van der Waals surface area contributed by atoms with Crippen LogP contribution in [0.1, 0.15) is 22.9 Å². The first-order chi connectivity index (χ1) is 12.2. The highest BCUT2D eigenvalue weighted by Crippen LogP contribution is 2.33. The van der Waals surface area contributed by atoms with Gasteiger partial charge in [-0.15, -0.1) is 28.1 Å². The SMILES string of the molecule is C=CCn1c(SCc2ccccc2Cl)nnc1-c1csc(C)c1CC. The van der Waals surface area contributed by atoms with Crippen LogP contribution in [0.15, 0.2) is 47.5 Å². The normalized spacial score (nSPS) is 11.0. The lowest BCUT2D eigenvalue weighted by Gasteiger charge is -2.09. The van der Waals surface area contributed by atoms with Crippen LogP contribution in [0.3, 0.4) is 0 Å². The second-order valence-electron chi connectivity index (χ2n) is 5.62. The second kappa shape index (κ2) is 8.21. The van der Waals surface area contributed by atoms with E-state index in [-0.39, 0.29) is 0 Å². The van der Waals surface area contributed by atoms with Gasteiger partial charge in [-0.1, -0.05) is 54.6 Å². The number of thioether (sulfide) groups is 1. The molecule has 0 radical (unpaired) electrons. The van der Waals surface area contributed by atoms with Gasteiger partial charge in [0.2, 0.25) is 0 Å². The van der Waals surface area contributed by atoms with Crippen molar-refractivity contribution in [2.45, 2.75) is 37.7 Å². The van der Waals surface area contributed by atoms with Crippen molar-refractivity contribution in [1.29, 1.82) is 0 Å². The lowest BCUT2D eigenvalue weighted by atomic mass is 10.1. The monoisotopic (exact) mass is 389 g/mol. The molecule has 6 heteroatoms. The fourth-order valence-corrected chi connectivity index (χ4v) is 4.92. The van der Waals surface area contributed by atoms with E-state index in [9.17, 15) is 0 Å². The van der Waals surface area contributed by atoms with Gasteiger partial charge in [0.15, 0.2) is 11.0 Å². The van der Waals surface area contributed by atoms with Gasteiger partial charge in [-0.05, 0) is 30.5 Å². The summed E-state index contributed by atoms with van der Waals surface area (Å²) in [6.07, 6.45) is 2.88. The first-order valence-corrected chi connectivity index (χ1v) is 10.4. The van der Waals surface area contributed by atoms with Gasteiger partial charge < -0.3 is 0 Å². The minimum Gasteiger partial charge on any atom is -0.298 e. The third kappa shape index (κ3) is 3.84. The number of hydrogen-bond donors (Lipinski definition) is 0. The Morgan fingerprint density at radius 1 is 1.32 bits per heavy atom. The minimum absolute atomic E-state index is 0.686. The van der Waals surface area contributed by atoms with Crippen molar-refractivity contribution in [1.82, 2.24) is 14.8 Å². The van der Waals surface area contributed by atoms with Gasteiger partial charge >= 0.3 is 0 Å². The standard InChI is InChI=1S/C19H20ClN3S2/c1-4-10-23-18(16-12-24-13(3)15(16)5-2)21-22-19(23)25-11-14-8-6-7-9-17(14)20/h4,6-9,12H,1,5,10-11H2,2-3H3. The van der Waals surface area contributed by atoms with E-state index in [1.165, 1.54) is 16.0 Å². The van der Waals surface area contributed by atoms with Gasteiger partial charge in [0, 0.05) is 33.1 Å². The molecule has 0 unspecified atom stereocenters. The largest absolute Gasteiger partial charge is 0.298 e. The topological polar surface area (TPSA) is 30.7 Å². The predicted octanol–water partition coefficient (Wildman–Crippen LogP) is 6.01. The van der Waals surface area contributed by atoms with Crippen LogP contribution in [-0.4, -0.2) is 14.8 Å². The van der Waals surface area contributed by atoms with Gasteiger partial charge in [0.1, 0.15) is 0 Å². The molecule has 0 fully saturated rings. The molecular weight excluding hydrogens is 370 g/mol. The van der Waals surface area contributed by atoms with Gasteiger partial charge in [0.25, 0.3) is 0 Å². The van der Waals surface area contributed by atoms with Gasteiger partial charge in [0.05, 0.1) is 0 Å². The second-order valence-corrected chi connectivity index (χ2v) is 8.06. The van der Waals surface area contributed by atoms with Crippen LogP contribution in [0.2, 0.25) is 5.02 Å². The summed E-state index contributed by atoms with van der Waals surface area (Å²) in [6, 6.07) is 7.91. The minimum atomic E-state index is 0.686. The van der Waals surface area contributed by atoms with Gasteiger partial charge in [-0.3, -0.25) is 4.57 Å². The molecule has 0 saturated carbocycles. The number of aryl methyl sites for hydroxylation is 1. The predicted molar refractivity (Wildman–Crippen MR) is 109 cm³/mol. The van der Waals surface area contributed by atoms with Gasteiger partial charge in [-0.25, -0.2) is 0 Å². The van der Waals surface area contributed by atoms with Crippen LogP contribution >= 0.6 is 34.7 Å². The Kier molecular flexibility index (Phi) is 5.99. The summed E-state index contributed by atoms with van der Waals surface area (Å²) in [7, 11) is 0. The quantitative estimate of drug-likeness (QED) is 0.366. The Morgan fingerprint density at radius 3 is 2.84 bits per heavy atom. The van der Waals surface area contributed by atoms with E-state index < -0.39 is 0 Å². The summed E-state index contributed by atoms with van der Waals surface area (Å²) in [5, 5.41) is 12.8. The smallest absolute Gasteiger partial charge is 0.192 e.